The predicted octanol–water partition coefficient (Wildman–Crippen LogP) is 2.78. The Morgan fingerprint density at radius 1 is 1.23 bits per heavy atom. The number of methoxy groups -OCH3 is 1. The summed E-state index contributed by atoms with van der Waals surface area (Å²) in [5, 5.41) is 19.0. The van der Waals surface area contributed by atoms with Gasteiger partial charge in [-0.2, -0.15) is 5.26 Å². The van der Waals surface area contributed by atoms with Crippen LogP contribution in [-0.4, -0.2) is 47.4 Å². The summed E-state index contributed by atoms with van der Waals surface area (Å²) in [5.74, 6) is -0.190. The van der Waals surface area contributed by atoms with Gasteiger partial charge in [0.05, 0.1) is 13.2 Å². The number of aromatic amines is 1. The summed E-state index contributed by atoms with van der Waals surface area (Å²) < 4.78 is 5.36. The normalized spacial score (nSPS) is 20.9. The van der Waals surface area contributed by atoms with Crippen molar-refractivity contribution in [2.75, 3.05) is 7.11 Å². The Morgan fingerprint density at radius 3 is 2.66 bits per heavy atom. The Labute approximate surface area is 205 Å². The molecule has 9 nitrogen and oxygen atoms in total. The van der Waals surface area contributed by atoms with Gasteiger partial charge in [-0.3, -0.25) is 14.4 Å². The lowest BCUT2D eigenvalue weighted by atomic mass is 9.83. The number of piperidine rings is 1. The van der Waals surface area contributed by atoms with Crippen LogP contribution in [0.1, 0.15) is 62.9 Å². The number of carbonyl (C=O) groups is 3. The van der Waals surface area contributed by atoms with E-state index >= 15 is 0 Å². The highest BCUT2D eigenvalue weighted by molar-refractivity contribution is 6.01. The largest absolute Gasteiger partial charge is 0.496 e. The number of H-pyrrole nitrogens is 1. The van der Waals surface area contributed by atoms with E-state index < -0.39 is 23.9 Å². The molecule has 1 aromatic carbocycles. The van der Waals surface area contributed by atoms with E-state index in [1.54, 1.807) is 13.2 Å². The van der Waals surface area contributed by atoms with E-state index in [-0.39, 0.29) is 23.8 Å². The molecule has 0 bridgehead atoms. The minimum Gasteiger partial charge on any atom is -0.496 e. The Balaban J connectivity index is 1.42. The Bertz CT molecular complexity index is 1160. The number of rotatable bonds is 9. The number of nitrogens with zero attached hydrogens (tertiary/aromatic N) is 1. The highest BCUT2D eigenvalue weighted by Gasteiger charge is 2.36. The molecule has 2 heterocycles. The SMILES string of the molecule is COc1cccc2[nH]c(C(=O)N[C@@H](CC3CC3)C(=O)N[C@H](C#N)C[C@@H]3CCC(C)(C)NC3=O)cc12. The van der Waals surface area contributed by atoms with Crippen LogP contribution in [0.4, 0.5) is 0 Å². The van der Waals surface area contributed by atoms with E-state index in [9.17, 15) is 19.6 Å². The van der Waals surface area contributed by atoms with Gasteiger partial charge < -0.3 is 25.7 Å². The van der Waals surface area contributed by atoms with Crippen LogP contribution in [0.2, 0.25) is 0 Å². The lowest BCUT2D eigenvalue weighted by Crippen LogP contribution is -2.53. The molecule has 2 fully saturated rings. The van der Waals surface area contributed by atoms with Crippen molar-refractivity contribution in [1.29, 1.82) is 5.26 Å². The molecule has 1 aliphatic carbocycles. The van der Waals surface area contributed by atoms with Gasteiger partial charge in [-0.15, -0.1) is 0 Å². The first-order valence-corrected chi connectivity index (χ1v) is 12.2. The molecule has 1 saturated heterocycles. The lowest BCUT2D eigenvalue weighted by Gasteiger charge is -2.35. The molecule has 2 aliphatic rings. The predicted molar refractivity (Wildman–Crippen MR) is 131 cm³/mol. The molecule has 4 N–H and O–H groups in total. The maximum absolute atomic E-state index is 13.1. The minimum absolute atomic E-state index is 0.0900. The first-order chi connectivity index (χ1) is 16.7. The summed E-state index contributed by atoms with van der Waals surface area (Å²) in [6, 6.07) is 7.74. The molecule has 35 heavy (non-hydrogen) atoms. The van der Waals surface area contributed by atoms with Crippen molar-refractivity contribution in [3.05, 3.63) is 30.0 Å². The highest BCUT2D eigenvalue weighted by Crippen LogP contribution is 2.34. The average molecular weight is 480 g/mol. The molecule has 186 valence electrons. The van der Waals surface area contributed by atoms with Crippen molar-refractivity contribution in [1.82, 2.24) is 20.9 Å². The van der Waals surface area contributed by atoms with Crippen molar-refractivity contribution in [2.24, 2.45) is 11.8 Å². The molecule has 1 saturated carbocycles. The van der Waals surface area contributed by atoms with Crippen LogP contribution in [0.15, 0.2) is 24.3 Å². The maximum atomic E-state index is 13.1. The Hall–Kier alpha value is -3.54. The maximum Gasteiger partial charge on any atom is 0.268 e. The Morgan fingerprint density at radius 2 is 2.00 bits per heavy atom. The van der Waals surface area contributed by atoms with Crippen molar-refractivity contribution in [2.45, 2.75) is 70.0 Å². The first-order valence-electron chi connectivity index (χ1n) is 12.2. The van der Waals surface area contributed by atoms with E-state index in [4.69, 9.17) is 4.74 Å². The quantitative estimate of drug-likeness (QED) is 0.438. The number of amides is 3. The standard InChI is InChI=1S/C26H33N5O4/c1-26(2)10-9-16(23(32)31-26)12-17(14-27)28-24(33)20(11-15-7-8-15)30-25(34)21-13-18-19(29-21)5-4-6-22(18)35-3/h4-6,13,15-17,20,29H,7-12H2,1-3H3,(H,28,33)(H,30,34)(H,31,32)/t16-,17-,20-/m0/s1. The molecule has 3 amide bonds. The van der Waals surface area contributed by atoms with Gasteiger partial charge in [0.25, 0.3) is 5.91 Å². The average Bonchev–Trinajstić information content (AvgIpc) is 3.52. The van der Waals surface area contributed by atoms with Crippen molar-refractivity contribution in [3.8, 4) is 11.8 Å². The molecule has 1 aliphatic heterocycles. The van der Waals surface area contributed by atoms with Crippen LogP contribution >= 0.6 is 0 Å². The van der Waals surface area contributed by atoms with E-state index in [1.165, 1.54) is 0 Å². The first kappa shape index (κ1) is 24.6. The van der Waals surface area contributed by atoms with Gasteiger partial charge in [-0.1, -0.05) is 18.9 Å². The zero-order chi connectivity index (χ0) is 25.2. The molecular weight excluding hydrogens is 446 g/mol. The van der Waals surface area contributed by atoms with Crippen LogP contribution in [0, 0.1) is 23.2 Å². The smallest absolute Gasteiger partial charge is 0.268 e. The van der Waals surface area contributed by atoms with E-state index in [0.29, 0.717) is 30.2 Å². The molecule has 1 aromatic heterocycles. The Kier molecular flexibility index (Phi) is 7.01. The zero-order valence-electron chi connectivity index (χ0n) is 20.4. The second kappa shape index (κ2) is 9.98. The number of nitriles is 1. The number of carbonyl (C=O) groups excluding carboxylic acids is 3. The molecule has 0 unspecified atom stereocenters. The van der Waals surface area contributed by atoms with Crippen LogP contribution in [-0.2, 0) is 9.59 Å². The number of nitrogens with one attached hydrogen (secondary N) is 4. The monoisotopic (exact) mass is 479 g/mol. The van der Waals surface area contributed by atoms with E-state index in [0.717, 1.165) is 30.2 Å². The van der Waals surface area contributed by atoms with Crippen molar-refractivity contribution >= 4 is 28.6 Å². The lowest BCUT2D eigenvalue weighted by molar-refractivity contribution is -0.130. The van der Waals surface area contributed by atoms with Crippen molar-refractivity contribution in [3.63, 3.8) is 0 Å². The molecule has 9 heteroatoms. The number of ether oxygens (including phenoxy) is 1. The van der Waals surface area contributed by atoms with Gasteiger partial charge in [0, 0.05) is 22.4 Å². The summed E-state index contributed by atoms with van der Waals surface area (Å²) in [7, 11) is 1.57. The summed E-state index contributed by atoms with van der Waals surface area (Å²) in [6.07, 6.45) is 4.27. The molecule has 0 spiro atoms. The van der Waals surface area contributed by atoms with E-state index in [1.807, 2.05) is 32.0 Å². The second-order valence-electron chi connectivity index (χ2n) is 10.3. The van der Waals surface area contributed by atoms with Crippen LogP contribution in [0.5, 0.6) is 5.75 Å². The third-order valence-electron chi connectivity index (χ3n) is 6.92. The van der Waals surface area contributed by atoms with Crippen molar-refractivity contribution < 1.29 is 19.1 Å². The third-order valence-corrected chi connectivity index (χ3v) is 6.92. The third kappa shape index (κ3) is 5.94. The summed E-state index contributed by atoms with van der Waals surface area (Å²) >= 11 is 0. The summed E-state index contributed by atoms with van der Waals surface area (Å²) in [5.41, 5.74) is 0.832. The number of benzene rings is 1. The van der Waals surface area contributed by atoms with Gasteiger partial charge in [0.1, 0.15) is 23.5 Å². The van der Waals surface area contributed by atoms with Gasteiger partial charge in [0.15, 0.2) is 0 Å². The fourth-order valence-electron chi connectivity index (χ4n) is 4.67. The van der Waals surface area contributed by atoms with Crippen LogP contribution < -0.4 is 20.7 Å². The van der Waals surface area contributed by atoms with E-state index in [2.05, 4.69) is 27.0 Å². The summed E-state index contributed by atoms with van der Waals surface area (Å²) in [4.78, 5) is 41.7. The van der Waals surface area contributed by atoms with Crippen LogP contribution in [0.25, 0.3) is 10.9 Å². The van der Waals surface area contributed by atoms with Gasteiger partial charge >= 0.3 is 0 Å². The topological polar surface area (TPSA) is 136 Å². The molecular formula is C26H33N5O4. The number of fused-ring (bicyclic) bond motifs is 1. The molecule has 3 atom stereocenters. The fraction of sp³-hybridized carbons (Fsp3) is 0.538. The number of aromatic nitrogens is 1. The number of hydrogen-bond donors (Lipinski definition) is 4. The fourth-order valence-corrected chi connectivity index (χ4v) is 4.67. The zero-order valence-corrected chi connectivity index (χ0v) is 20.4. The number of hydrogen-bond acceptors (Lipinski definition) is 5. The molecule has 4 rings (SSSR count). The minimum atomic E-state index is -0.810. The molecule has 2 aromatic rings. The van der Waals surface area contributed by atoms with Crippen LogP contribution in [0.3, 0.4) is 0 Å². The molecule has 0 radical (unpaired) electrons. The van der Waals surface area contributed by atoms with Gasteiger partial charge in [-0.05, 0) is 63.6 Å². The highest BCUT2D eigenvalue weighted by atomic mass is 16.5. The van der Waals surface area contributed by atoms with Gasteiger partial charge in [0.2, 0.25) is 11.8 Å². The summed E-state index contributed by atoms with van der Waals surface area (Å²) in [6.45, 7) is 3.94. The van der Waals surface area contributed by atoms with Gasteiger partial charge in [-0.25, -0.2) is 0 Å². The second-order valence-corrected chi connectivity index (χ2v) is 10.3.